The highest BCUT2D eigenvalue weighted by atomic mass is 16.3. The first kappa shape index (κ1) is 20.6. The molecule has 1 fully saturated rings. The molecule has 0 bridgehead atoms. The van der Waals surface area contributed by atoms with Gasteiger partial charge in [-0.2, -0.15) is 5.10 Å². The number of aliphatic hydroxyl groups is 1. The molecule has 0 unspecified atom stereocenters. The fraction of sp³-hybridized carbons (Fsp3) is 0.208. The third-order valence-electron chi connectivity index (χ3n) is 5.71. The Bertz CT molecular complexity index is 1470. The van der Waals surface area contributed by atoms with Gasteiger partial charge in [-0.25, -0.2) is 15.0 Å². The van der Waals surface area contributed by atoms with Gasteiger partial charge in [0, 0.05) is 73.3 Å². The van der Waals surface area contributed by atoms with Gasteiger partial charge in [-0.05, 0) is 12.1 Å². The molecule has 1 atom stereocenters. The van der Waals surface area contributed by atoms with Crippen LogP contribution in [-0.2, 0) is 11.8 Å². The minimum absolute atomic E-state index is 0.286. The summed E-state index contributed by atoms with van der Waals surface area (Å²) in [5.74, 6) is 6.06. The SMILES string of the molecule is CN1CC[C@@](O)(C#Cc2cccc(-c3ncc4c(-c5cnn(C)c5)cnc(N)c4n3)c2)C1=O. The Morgan fingerprint density at radius 2 is 2.00 bits per heavy atom. The van der Waals surface area contributed by atoms with Crippen molar-refractivity contribution in [3.05, 3.63) is 54.6 Å². The number of carbonyl (C=O) groups is 1. The average Bonchev–Trinajstić information content (AvgIpc) is 3.37. The fourth-order valence-corrected chi connectivity index (χ4v) is 3.85. The van der Waals surface area contributed by atoms with Gasteiger partial charge < -0.3 is 15.7 Å². The summed E-state index contributed by atoms with van der Waals surface area (Å²) in [4.78, 5) is 27.2. The summed E-state index contributed by atoms with van der Waals surface area (Å²) in [6.07, 6.45) is 7.35. The lowest BCUT2D eigenvalue weighted by molar-refractivity contribution is -0.137. The number of aryl methyl sites for hydroxylation is 1. The molecule has 0 saturated carbocycles. The van der Waals surface area contributed by atoms with E-state index in [0.29, 0.717) is 29.3 Å². The summed E-state index contributed by atoms with van der Waals surface area (Å²) in [7, 11) is 3.50. The van der Waals surface area contributed by atoms with Crippen molar-refractivity contribution in [2.45, 2.75) is 12.0 Å². The molecule has 1 aliphatic rings. The molecule has 33 heavy (non-hydrogen) atoms. The number of hydrogen-bond acceptors (Lipinski definition) is 7. The summed E-state index contributed by atoms with van der Waals surface area (Å²) in [6, 6.07) is 7.31. The molecule has 0 radical (unpaired) electrons. The van der Waals surface area contributed by atoms with Crippen molar-refractivity contribution in [2.75, 3.05) is 19.3 Å². The van der Waals surface area contributed by atoms with Crippen molar-refractivity contribution in [3.8, 4) is 34.4 Å². The van der Waals surface area contributed by atoms with E-state index in [4.69, 9.17) is 5.73 Å². The number of amides is 1. The molecular weight excluding hydrogens is 418 g/mol. The standard InChI is InChI=1S/C24H21N7O2/c1-30-9-8-24(33,23(30)32)7-6-15-4-3-5-16(10-15)22-27-13-19-18(17-11-28-31(2)14-17)12-26-21(25)20(19)29-22/h3-5,10-14,33H,8-9H2,1-2H3,(H2,25,26)/t24-/m0/s1. The van der Waals surface area contributed by atoms with Crippen LogP contribution < -0.4 is 5.73 Å². The summed E-state index contributed by atoms with van der Waals surface area (Å²) in [5.41, 5.74) is 8.15. The van der Waals surface area contributed by atoms with E-state index in [1.807, 2.05) is 31.4 Å². The number of pyridine rings is 1. The molecule has 1 saturated heterocycles. The van der Waals surface area contributed by atoms with Gasteiger partial charge in [0.1, 0.15) is 11.3 Å². The second-order valence-corrected chi connectivity index (χ2v) is 8.08. The smallest absolute Gasteiger partial charge is 0.267 e. The number of likely N-dealkylation sites (N-methyl/N-ethyl adjacent to an activating group) is 1. The van der Waals surface area contributed by atoms with Gasteiger partial charge >= 0.3 is 0 Å². The summed E-state index contributed by atoms with van der Waals surface area (Å²) in [5, 5.41) is 15.5. The van der Waals surface area contributed by atoms with E-state index in [1.165, 1.54) is 4.90 Å². The van der Waals surface area contributed by atoms with Crippen LogP contribution in [0.1, 0.15) is 12.0 Å². The molecule has 4 aromatic rings. The Balaban J connectivity index is 1.53. The molecule has 5 rings (SSSR count). The summed E-state index contributed by atoms with van der Waals surface area (Å²) < 4.78 is 1.72. The minimum atomic E-state index is -1.65. The fourth-order valence-electron chi connectivity index (χ4n) is 3.85. The van der Waals surface area contributed by atoms with E-state index in [9.17, 15) is 9.90 Å². The van der Waals surface area contributed by atoms with Crippen molar-refractivity contribution < 1.29 is 9.90 Å². The molecular formula is C24H21N7O2. The van der Waals surface area contributed by atoms with Crippen LogP contribution in [0.15, 0.2) is 49.1 Å². The van der Waals surface area contributed by atoms with Crippen LogP contribution >= 0.6 is 0 Å². The third-order valence-corrected chi connectivity index (χ3v) is 5.71. The van der Waals surface area contributed by atoms with Gasteiger partial charge in [-0.15, -0.1) is 0 Å². The molecule has 1 aliphatic heterocycles. The van der Waals surface area contributed by atoms with Crippen molar-refractivity contribution >= 4 is 22.6 Å². The van der Waals surface area contributed by atoms with Crippen molar-refractivity contribution in [2.24, 2.45) is 7.05 Å². The molecule has 1 aromatic carbocycles. The molecule has 0 aliphatic carbocycles. The molecule has 9 heteroatoms. The van der Waals surface area contributed by atoms with Crippen molar-refractivity contribution in [1.29, 1.82) is 0 Å². The molecule has 1 amide bonds. The van der Waals surface area contributed by atoms with Gasteiger partial charge in [0.25, 0.3) is 5.91 Å². The normalized spacial score (nSPS) is 17.9. The second-order valence-electron chi connectivity index (χ2n) is 8.08. The topological polar surface area (TPSA) is 123 Å². The van der Waals surface area contributed by atoms with Gasteiger partial charge in [0.05, 0.1) is 6.20 Å². The monoisotopic (exact) mass is 439 g/mol. The number of benzene rings is 1. The van der Waals surface area contributed by atoms with Gasteiger partial charge in [0.15, 0.2) is 5.82 Å². The Morgan fingerprint density at radius 1 is 1.15 bits per heavy atom. The van der Waals surface area contributed by atoms with Crippen LogP contribution in [0.3, 0.4) is 0 Å². The van der Waals surface area contributed by atoms with E-state index in [0.717, 1.165) is 22.1 Å². The van der Waals surface area contributed by atoms with Crippen LogP contribution in [0, 0.1) is 11.8 Å². The summed E-state index contributed by atoms with van der Waals surface area (Å²) >= 11 is 0. The number of likely N-dealkylation sites (tertiary alicyclic amines) is 1. The van der Waals surface area contributed by atoms with E-state index in [-0.39, 0.29) is 12.3 Å². The van der Waals surface area contributed by atoms with Crippen LogP contribution in [0.25, 0.3) is 33.4 Å². The lowest BCUT2D eigenvalue weighted by atomic mass is 10.0. The number of nitrogens with two attached hydrogens (primary N) is 1. The zero-order chi connectivity index (χ0) is 23.2. The number of nitrogens with zero attached hydrogens (tertiary/aromatic N) is 6. The van der Waals surface area contributed by atoms with Crippen molar-refractivity contribution in [1.82, 2.24) is 29.6 Å². The number of aromatic nitrogens is 5. The third kappa shape index (κ3) is 3.66. The maximum atomic E-state index is 12.2. The Labute approximate surface area is 189 Å². The number of hydrogen-bond donors (Lipinski definition) is 2. The van der Waals surface area contributed by atoms with E-state index < -0.39 is 5.60 Å². The maximum Gasteiger partial charge on any atom is 0.267 e. The van der Waals surface area contributed by atoms with E-state index in [2.05, 4.69) is 31.9 Å². The number of nitrogen functional groups attached to an aromatic ring is 1. The average molecular weight is 439 g/mol. The maximum absolute atomic E-state index is 12.2. The Morgan fingerprint density at radius 3 is 2.73 bits per heavy atom. The zero-order valence-corrected chi connectivity index (χ0v) is 18.1. The highest BCUT2D eigenvalue weighted by Gasteiger charge is 2.42. The lowest BCUT2D eigenvalue weighted by Gasteiger charge is -2.13. The predicted molar refractivity (Wildman–Crippen MR) is 123 cm³/mol. The number of carbonyl (C=O) groups excluding carboxylic acids is 1. The second kappa shape index (κ2) is 7.69. The number of anilines is 1. The first-order chi connectivity index (χ1) is 15.8. The summed E-state index contributed by atoms with van der Waals surface area (Å²) in [6.45, 7) is 0.478. The Kier molecular flexibility index (Phi) is 4.80. The van der Waals surface area contributed by atoms with Crippen LogP contribution in [-0.4, -0.2) is 59.8 Å². The largest absolute Gasteiger partial charge is 0.382 e. The molecule has 164 valence electrons. The quantitative estimate of drug-likeness (QED) is 0.455. The molecule has 4 heterocycles. The molecule has 9 nitrogen and oxygen atoms in total. The number of fused-ring (bicyclic) bond motifs is 1. The van der Waals surface area contributed by atoms with Gasteiger partial charge in [0.2, 0.25) is 5.60 Å². The first-order valence-electron chi connectivity index (χ1n) is 10.4. The van der Waals surface area contributed by atoms with Gasteiger partial charge in [-0.3, -0.25) is 9.48 Å². The predicted octanol–water partition coefficient (Wildman–Crippen LogP) is 1.62. The molecule has 3 N–H and O–H groups in total. The Hall–Kier alpha value is -4.29. The molecule has 0 spiro atoms. The van der Waals surface area contributed by atoms with Crippen molar-refractivity contribution in [3.63, 3.8) is 0 Å². The van der Waals surface area contributed by atoms with Gasteiger partial charge in [-0.1, -0.05) is 24.0 Å². The molecule has 3 aromatic heterocycles. The first-order valence-corrected chi connectivity index (χ1v) is 10.4. The highest BCUT2D eigenvalue weighted by Crippen LogP contribution is 2.30. The zero-order valence-electron chi connectivity index (χ0n) is 18.1. The number of rotatable bonds is 2. The highest BCUT2D eigenvalue weighted by molar-refractivity contribution is 5.98. The van der Waals surface area contributed by atoms with E-state index in [1.54, 1.807) is 36.4 Å². The van der Waals surface area contributed by atoms with E-state index >= 15 is 0 Å². The van der Waals surface area contributed by atoms with Crippen LogP contribution in [0.5, 0.6) is 0 Å². The van der Waals surface area contributed by atoms with Crippen LogP contribution in [0.2, 0.25) is 0 Å². The lowest BCUT2D eigenvalue weighted by Crippen LogP contribution is -2.37. The van der Waals surface area contributed by atoms with Crippen LogP contribution in [0.4, 0.5) is 5.82 Å². The minimum Gasteiger partial charge on any atom is -0.382 e.